The van der Waals surface area contributed by atoms with Crippen molar-refractivity contribution in [1.29, 1.82) is 0 Å². The van der Waals surface area contributed by atoms with Gasteiger partial charge in [0.2, 0.25) is 5.91 Å². The van der Waals surface area contributed by atoms with E-state index in [2.05, 4.69) is 16.0 Å². The molecule has 3 N–H and O–H groups in total. The topological polar surface area (TPSA) is 70.2 Å². The molecule has 4 aliphatic carbocycles. The van der Waals surface area contributed by atoms with Crippen molar-refractivity contribution in [3.8, 4) is 0 Å². The van der Waals surface area contributed by atoms with Crippen LogP contribution in [0.25, 0.3) is 0 Å². The largest absolute Gasteiger partial charge is 0.362 e. The van der Waals surface area contributed by atoms with Crippen molar-refractivity contribution in [3.05, 3.63) is 29.8 Å². The van der Waals surface area contributed by atoms with Crippen LogP contribution in [0.5, 0.6) is 0 Å². The zero-order valence-corrected chi connectivity index (χ0v) is 15.1. The summed E-state index contributed by atoms with van der Waals surface area (Å²) in [6.45, 7) is 0. The minimum Gasteiger partial charge on any atom is -0.362 e. The van der Waals surface area contributed by atoms with Crippen LogP contribution < -0.4 is 16.0 Å². The van der Waals surface area contributed by atoms with Crippen LogP contribution in [0.15, 0.2) is 24.3 Å². The number of hydrogen-bond acceptors (Lipinski definition) is 3. The van der Waals surface area contributed by atoms with Crippen LogP contribution in [0, 0.1) is 17.8 Å². The second kappa shape index (κ2) is 6.00. The van der Waals surface area contributed by atoms with Crippen molar-refractivity contribution in [2.45, 2.75) is 63.1 Å². The Bertz CT molecular complexity index is 743. The van der Waals surface area contributed by atoms with E-state index in [0.717, 1.165) is 49.8 Å². The number of para-hydroxylation sites is 1. The Morgan fingerprint density at radius 2 is 1.88 bits per heavy atom. The molecule has 1 aromatic rings. The highest BCUT2D eigenvalue weighted by atomic mass is 16.2. The van der Waals surface area contributed by atoms with Gasteiger partial charge in [0, 0.05) is 23.6 Å². The van der Waals surface area contributed by atoms with Crippen molar-refractivity contribution in [3.63, 3.8) is 0 Å². The number of rotatable bonds is 2. The minimum absolute atomic E-state index is 0.0128. The maximum Gasteiger partial charge on any atom is 0.255 e. The fourth-order valence-corrected chi connectivity index (χ4v) is 5.84. The van der Waals surface area contributed by atoms with Gasteiger partial charge < -0.3 is 16.0 Å². The maximum absolute atomic E-state index is 12.9. The Kier molecular flexibility index (Phi) is 3.73. The molecule has 4 saturated carbocycles. The van der Waals surface area contributed by atoms with Crippen molar-refractivity contribution in [2.24, 2.45) is 17.8 Å². The van der Waals surface area contributed by atoms with E-state index < -0.39 is 0 Å². The molecule has 4 fully saturated rings. The molecular weight excluding hydrogens is 326 g/mol. The molecule has 1 aliphatic heterocycles. The average Bonchev–Trinajstić information content (AvgIpc) is 3.15. The van der Waals surface area contributed by atoms with Crippen LogP contribution in [-0.4, -0.2) is 23.5 Å². The molecular formula is C21H27N3O2. The number of hydrogen-bond donors (Lipinski definition) is 3. The second-order valence-electron chi connectivity index (χ2n) is 8.67. The molecule has 0 aromatic heterocycles. The Morgan fingerprint density at radius 3 is 2.65 bits per heavy atom. The van der Waals surface area contributed by atoms with Gasteiger partial charge in [-0.25, -0.2) is 0 Å². The fraction of sp³-hybridized carbons (Fsp3) is 0.619. The SMILES string of the molecule is O=C1N[C@@]2(C[C@@H]3CC[C@@H]2C[C@@H]3C(=O)NC2CCCC2)Nc2ccccc21. The van der Waals surface area contributed by atoms with E-state index in [-0.39, 0.29) is 23.4 Å². The standard InChI is InChI=1S/C21H27N3O2/c25-19(22-15-5-1-2-6-15)17-11-14-10-9-13(17)12-21(14)23-18-8-4-3-7-16(18)20(26)24-21/h3-4,7-8,13-15,17,23H,1-2,5-6,9-12H2,(H,22,25)(H,24,26)/t13-,14+,17-,21+/m0/s1. The summed E-state index contributed by atoms with van der Waals surface area (Å²) >= 11 is 0. The predicted octanol–water partition coefficient (Wildman–Crippen LogP) is 3.03. The van der Waals surface area contributed by atoms with Crippen molar-refractivity contribution >= 4 is 17.5 Å². The molecule has 5 aliphatic rings. The lowest BCUT2D eigenvalue weighted by atomic mass is 9.58. The first kappa shape index (κ1) is 16.2. The first-order chi connectivity index (χ1) is 12.6. The summed E-state index contributed by atoms with van der Waals surface area (Å²) < 4.78 is 0. The Balaban J connectivity index is 1.34. The van der Waals surface area contributed by atoms with E-state index in [1.165, 1.54) is 12.8 Å². The molecule has 1 spiro atoms. The van der Waals surface area contributed by atoms with Gasteiger partial charge in [0.05, 0.1) is 5.56 Å². The molecule has 6 rings (SSSR count). The average molecular weight is 353 g/mol. The molecule has 5 nitrogen and oxygen atoms in total. The maximum atomic E-state index is 12.9. The quantitative estimate of drug-likeness (QED) is 0.765. The molecule has 0 radical (unpaired) electrons. The first-order valence-corrected chi connectivity index (χ1v) is 10.1. The van der Waals surface area contributed by atoms with Crippen LogP contribution in [0.4, 0.5) is 5.69 Å². The van der Waals surface area contributed by atoms with E-state index in [1.807, 2.05) is 24.3 Å². The van der Waals surface area contributed by atoms with Crippen LogP contribution in [0.2, 0.25) is 0 Å². The number of fused-ring (bicyclic) bond motifs is 3. The van der Waals surface area contributed by atoms with E-state index in [4.69, 9.17) is 0 Å². The molecule has 26 heavy (non-hydrogen) atoms. The molecule has 0 unspecified atom stereocenters. The third-order valence-electron chi connectivity index (χ3n) is 7.18. The van der Waals surface area contributed by atoms with Gasteiger partial charge in [-0.3, -0.25) is 9.59 Å². The minimum atomic E-state index is -0.376. The molecule has 1 aromatic carbocycles. The lowest BCUT2D eigenvalue weighted by molar-refractivity contribution is -0.132. The molecule has 138 valence electrons. The molecule has 2 amide bonds. The van der Waals surface area contributed by atoms with Crippen molar-refractivity contribution in [2.75, 3.05) is 5.32 Å². The van der Waals surface area contributed by atoms with E-state index in [9.17, 15) is 9.59 Å². The van der Waals surface area contributed by atoms with Gasteiger partial charge in [-0.2, -0.15) is 0 Å². The highest BCUT2D eigenvalue weighted by molar-refractivity contribution is 6.02. The summed E-state index contributed by atoms with van der Waals surface area (Å²) in [6, 6.07) is 8.11. The molecule has 2 bridgehead atoms. The van der Waals surface area contributed by atoms with Gasteiger partial charge >= 0.3 is 0 Å². The number of carbonyl (C=O) groups excluding carboxylic acids is 2. The van der Waals surface area contributed by atoms with Crippen molar-refractivity contribution < 1.29 is 9.59 Å². The summed E-state index contributed by atoms with van der Waals surface area (Å²) in [5.74, 6) is 1.03. The van der Waals surface area contributed by atoms with Crippen LogP contribution in [0.3, 0.4) is 0 Å². The monoisotopic (exact) mass is 353 g/mol. The molecule has 5 heteroatoms. The fourth-order valence-electron chi connectivity index (χ4n) is 5.84. The highest BCUT2D eigenvalue weighted by Crippen LogP contribution is 2.51. The zero-order valence-electron chi connectivity index (χ0n) is 15.1. The number of carbonyl (C=O) groups is 2. The normalized spacial score (nSPS) is 35.7. The summed E-state index contributed by atoms with van der Waals surface area (Å²) in [5.41, 5.74) is 1.27. The lowest BCUT2D eigenvalue weighted by Gasteiger charge is -2.56. The second-order valence-corrected chi connectivity index (χ2v) is 8.67. The van der Waals surface area contributed by atoms with Gasteiger partial charge in [-0.05, 0) is 56.6 Å². The molecule has 0 saturated heterocycles. The summed E-state index contributed by atoms with van der Waals surface area (Å²) in [6.07, 6.45) is 8.62. The number of nitrogens with one attached hydrogen (secondary N) is 3. The van der Waals surface area contributed by atoms with Crippen molar-refractivity contribution in [1.82, 2.24) is 10.6 Å². The zero-order chi connectivity index (χ0) is 17.7. The van der Waals surface area contributed by atoms with Crippen LogP contribution >= 0.6 is 0 Å². The van der Waals surface area contributed by atoms with Gasteiger partial charge in [0.15, 0.2) is 0 Å². The highest BCUT2D eigenvalue weighted by Gasteiger charge is 2.55. The first-order valence-electron chi connectivity index (χ1n) is 10.1. The Morgan fingerprint density at radius 1 is 1.08 bits per heavy atom. The van der Waals surface area contributed by atoms with E-state index >= 15 is 0 Å². The third kappa shape index (κ3) is 2.51. The number of amides is 2. The number of benzene rings is 1. The molecule has 4 atom stereocenters. The smallest absolute Gasteiger partial charge is 0.255 e. The van der Waals surface area contributed by atoms with E-state index in [0.29, 0.717) is 17.9 Å². The Hall–Kier alpha value is -2.04. The summed E-state index contributed by atoms with van der Waals surface area (Å²) in [5, 5.41) is 10.2. The van der Waals surface area contributed by atoms with Crippen LogP contribution in [0.1, 0.15) is 61.7 Å². The summed E-state index contributed by atoms with van der Waals surface area (Å²) in [4.78, 5) is 25.5. The Labute approximate surface area is 154 Å². The van der Waals surface area contributed by atoms with E-state index in [1.54, 1.807) is 0 Å². The van der Waals surface area contributed by atoms with Gasteiger partial charge in [-0.15, -0.1) is 0 Å². The van der Waals surface area contributed by atoms with Crippen LogP contribution in [-0.2, 0) is 4.79 Å². The molecule has 1 heterocycles. The number of anilines is 1. The lowest BCUT2D eigenvalue weighted by Crippen LogP contribution is -2.68. The predicted molar refractivity (Wildman–Crippen MR) is 99.6 cm³/mol. The van der Waals surface area contributed by atoms with Gasteiger partial charge in [-0.1, -0.05) is 25.0 Å². The third-order valence-corrected chi connectivity index (χ3v) is 7.18. The van der Waals surface area contributed by atoms with Gasteiger partial charge in [0.25, 0.3) is 5.91 Å². The van der Waals surface area contributed by atoms with Gasteiger partial charge in [0.1, 0.15) is 5.66 Å². The summed E-state index contributed by atoms with van der Waals surface area (Å²) in [7, 11) is 0.